The lowest BCUT2D eigenvalue weighted by molar-refractivity contribution is -0.385. The van der Waals surface area contributed by atoms with Crippen molar-refractivity contribution in [2.75, 3.05) is 14.2 Å². The molecule has 0 N–H and O–H groups in total. The SMILES string of the molecule is COc1ccc2nc(-c3ccc([N+](=O)[O-])cc3Cl)sc2c1.COc1cccc2nc(-c3ccc([N+](=O)[O-])cc3Cl)sc12. The molecular formula is C28H18Cl2N4O6S2. The average molecular weight is 642 g/mol. The maximum atomic E-state index is 10.7. The number of halogens is 2. The van der Waals surface area contributed by atoms with E-state index in [2.05, 4.69) is 9.97 Å². The van der Waals surface area contributed by atoms with Crippen molar-refractivity contribution < 1.29 is 19.3 Å². The topological polar surface area (TPSA) is 131 Å². The van der Waals surface area contributed by atoms with Gasteiger partial charge in [-0.05, 0) is 42.5 Å². The van der Waals surface area contributed by atoms with E-state index in [1.807, 2.05) is 36.4 Å². The van der Waals surface area contributed by atoms with Gasteiger partial charge in [-0.2, -0.15) is 0 Å². The number of hydrogen-bond acceptors (Lipinski definition) is 10. The van der Waals surface area contributed by atoms with Gasteiger partial charge in [0.15, 0.2) is 0 Å². The van der Waals surface area contributed by atoms with Crippen LogP contribution in [0.15, 0.2) is 72.8 Å². The predicted octanol–water partition coefficient (Wildman–Crippen LogP) is 9.07. The first-order chi connectivity index (χ1) is 20.2. The molecule has 0 spiro atoms. The van der Waals surface area contributed by atoms with E-state index in [4.69, 9.17) is 32.7 Å². The third-order valence-corrected chi connectivity index (χ3v) is 8.78. The van der Waals surface area contributed by atoms with Gasteiger partial charge in [-0.25, -0.2) is 9.97 Å². The largest absolute Gasteiger partial charge is 0.497 e. The van der Waals surface area contributed by atoms with Crippen LogP contribution >= 0.6 is 45.9 Å². The minimum Gasteiger partial charge on any atom is -0.497 e. The van der Waals surface area contributed by atoms with Crippen molar-refractivity contribution in [2.24, 2.45) is 0 Å². The van der Waals surface area contributed by atoms with Gasteiger partial charge < -0.3 is 9.47 Å². The lowest BCUT2D eigenvalue weighted by Crippen LogP contribution is -1.88. The summed E-state index contributed by atoms with van der Waals surface area (Å²) in [4.78, 5) is 29.5. The third kappa shape index (κ3) is 5.97. The molecule has 0 saturated carbocycles. The smallest absolute Gasteiger partial charge is 0.270 e. The monoisotopic (exact) mass is 640 g/mol. The Hall–Kier alpha value is -4.36. The number of nitro benzene ring substituents is 2. The second-order valence-corrected chi connectivity index (χ2v) is 11.4. The summed E-state index contributed by atoms with van der Waals surface area (Å²) < 4.78 is 12.4. The van der Waals surface area contributed by atoms with E-state index in [0.29, 0.717) is 26.2 Å². The minimum atomic E-state index is -0.475. The number of nitrogens with zero attached hydrogens (tertiary/aromatic N) is 4. The molecule has 2 heterocycles. The number of rotatable bonds is 6. The summed E-state index contributed by atoms with van der Waals surface area (Å²) in [5.74, 6) is 1.50. The highest BCUT2D eigenvalue weighted by Gasteiger charge is 2.16. The van der Waals surface area contributed by atoms with Gasteiger partial charge in [0, 0.05) is 35.4 Å². The van der Waals surface area contributed by atoms with Crippen molar-refractivity contribution in [2.45, 2.75) is 0 Å². The lowest BCUT2D eigenvalue weighted by Gasteiger charge is -1.99. The molecule has 4 aromatic carbocycles. The van der Waals surface area contributed by atoms with Crippen LogP contribution in [-0.4, -0.2) is 34.0 Å². The number of aromatic nitrogens is 2. The van der Waals surface area contributed by atoms with Crippen LogP contribution in [0.3, 0.4) is 0 Å². The molecule has 14 heteroatoms. The highest BCUT2D eigenvalue weighted by Crippen LogP contribution is 2.39. The number of fused-ring (bicyclic) bond motifs is 2. The Balaban J connectivity index is 0.000000168. The summed E-state index contributed by atoms with van der Waals surface area (Å²) in [5, 5.41) is 23.5. The van der Waals surface area contributed by atoms with E-state index < -0.39 is 9.85 Å². The van der Waals surface area contributed by atoms with Crippen LogP contribution in [0.5, 0.6) is 11.5 Å². The average Bonchev–Trinajstić information content (AvgIpc) is 3.61. The number of benzene rings is 4. The van der Waals surface area contributed by atoms with Gasteiger partial charge in [-0.15, -0.1) is 22.7 Å². The molecule has 10 nitrogen and oxygen atoms in total. The molecule has 0 aliphatic rings. The van der Waals surface area contributed by atoms with Crippen LogP contribution in [0.25, 0.3) is 41.6 Å². The molecule has 42 heavy (non-hydrogen) atoms. The lowest BCUT2D eigenvalue weighted by atomic mass is 10.2. The Morgan fingerprint density at radius 3 is 1.86 bits per heavy atom. The quantitative estimate of drug-likeness (QED) is 0.130. The normalized spacial score (nSPS) is 10.8. The van der Waals surface area contributed by atoms with E-state index in [9.17, 15) is 20.2 Å². The van der Waals surface area contributed by atoms with Crippen molar-refractivity contribution >= 4 is 77.7 Å². The summed E-state index contributed by atoms with van der Waals surface area (Å²) in [5.41, 5.74) is 2.93. The first kappa shape index (κ1) is 29.1. The third-order valence-electron chi connectivity index (χ3n) is 5.98. The summed E-state index contributed by atoms with van der Waals surface area (Å²) in [6.07, 6.45) is 0. The predicted molar refractivity (Wildman–Crippen MR) is 167 cm³/mol. The van der Waals surface area contributed by atoms with Crippen molar-refractivity contribution in [3.63, 3.8) is 0 Å². The molecule has 0 radical (unpaired) electrons. The van der Waals surface area contributed by atoms with Gasteiger partial charge in [0.25, 0.3) is 11.4 Å². The fraction of sp³-hybridized carbons (Fsp3) is 0.0714. The number of methoxy groups -OCH3 is 2. The first-order valence-corrected chi connectivity index (χ1v) is 14.3. The zero-order valence-electron chi connectivity index (χ0n) is 21.7. The Kier molecular flexibility index (Phi) is 8.50. The van der Waals surface area contributed by atoms with E-state index in [1.165, 1.54) is 46.9 Å². The van der Waals surface area contributed by atoms with Crippen LogP contribution in [0.4, 0.5) is 11.4 Å². The Bertz CT molecular complexity index is 1980. The maximum Gasteiger partial charge on any atom is 0.270 e. The van der Waals surface area contributed by atoms with Gasteiger partial charge in [0.05, 0.1) is 54.5 Å². The van der Waals surface area contributed by atoms with E-state index >= 15 is 0 Å². The van der Waals surface area contributed by atoms with Gasteiger partial charge in [0.1, 0.15) is 21.5 Å². The molecule has 0 unspecified atom stereocenters. The van der Waals surface area contributed by atoms with Crippen molar-refractivity contribution in [1.29, 1.82) is 0 Å². The van der Waals surface area contributed by atoms with Gasteiger partial charge in [-0.3, -0.25) is 20.2 Å². The molecule has 0 fully saturated rings. The molecule has 2 aromatic heterocycles. The molecule has 0 saturated heterocycles. The van der Waals surface area contributed by atoms with Crippen LogP contribution in [0.2, 0.25) is 10.0 Å². The van der Waals surface area contributed by atoms with Crippen LogP contribution < -0.4 is 9.47 Å². The molecule has 0 amide bonds. The second kappa shape index (κ2) is 12.2. The summed E-state index contributed by atoms with van der Waals surface area (Å²) in [6.45, 7) is 0. The highest BCUT2D eigenvalue weighted by atomic mass is 35.5. The zero-order chi connectivity index (χ0) is 30.0. The maximum absolute atomic E-state index is 10.7. The zero-order valence-corrected chi connectivity index (χ0v) is 24.9. The van der Waals surface area contributed by atoms with E-state index in [1.54, 1.807) is 26.4 Å². The molecule has 6 aromatic rings. The fourth-order valence-electron chi connectivity index (χ4n) is 3.93. The fourth-order valence-corrected chi connectivity index (χ4v) is 6.70. The minimum absolute atomic E-state index is 0.0356. The van der Waals surface area contributed by atoms with E-state index in [0.717, 1.165) is 36.9 Å². The number of ether oxygens (including phenoxy) is 2. The van der Waals surface area contributed by atoms with E-state index in [-0.39, 0.29) is 11.4 Å². The van der Waals surface area contributed by atoms with Gasteiger partial charge in [-0.1, -0.05) is 29.3 Å². The first-order valence-electron chi connectivity index (χ1n) is 11.9. The van der Waals surface area contributed by atoms with Gasteiger partial charge in [0.2, 0.25) is 0 Å². The number of thiazole rings is 2. The summed E-state index contributed by atoms with van der Waals surface area (Å²) in [6, 6.07) is 20.0. The Morgan fingerprint density at radius 2 is 1.31 bits per heavy atom. The molecule has 6 rings (SSSR count). The second-order valence-electron chi connectivity index (χ2n) is 8.52. The van der Waals surface area contributed by atoms with Crippen LogP contribution in [-0.2, 0) is 0 Å². The molecule has 0 atom stereocenters. The standard InChI is InChI=1S/2C14H9ClN2O3S/c1-20-9-3-5-12-13(7-9)21-14(16-12)10-4-2-8(17(18)19)6-11(10)15;1-20-12-4-2-3-11-13(12)21-14(16-11)9-6-5-8(17(18)19)7-10(9)15/h2*2-7H,1H3. The Labute approximate surface area is 256 Å². The van der Waals surface area contributed by atoms with Crippen molar-refractivity contribution in [1.82, 2.24) is 9.97 Å². The summed E-state index contributed by atoms with van der Waals surface area (Å²) >= 11 is 15.2. The highest BCUT2D eigenvalue weighted by molar-refractivity contribution is 7.22. The van der Waals surface area contributed by atoms with Crippen molar-refractivity contribution in [3.8, 4) is 32.6 Å². The molecule has 0 bridgehead atoms. The number of non-ortho nitro benzene ring substituents is 2. The van der Waals surface area contributed by atoms with Gasteiger partial charge >= 0.3 is 0 Å². The van der Waals surface area contributed by atoms with Crippen molar-refractivity contribution in [3.05, 3.63) is 103 Å². The number of hydrogen-bond donors (Lipinski definition) is 0. The Morgan fingerprint density at radius 1 is 0.714 bits per heavy atom. The molecule has 212 valence electrons. The van der Waals surface area contributed by atoms with Crippen LogP contribution in [0.1, 0.15) is 0 Å². The number of nitro groups is 2. The molecule has 0 aliphatic carbocycles. The van der Waals surface area contributed by atoms with Crippen LogP contribution in [0, 0.1) is 20.2 Å². The molecular weight excluding hydrogens is 623 g/mol. The molecule has 0 aliphatic heterocycles. The summed E-state index contributed by atoms with van der Waals surface area (Å²) in [7, 11) is 3.21.